The number of fused-ring (bicyclic) bond motifs is 1. The molecule has 0 saturated heterocycles. The summed E-state index contributed by atoms with van der Waals surface area (Å²) in [5.41, 5.74) is 3.05. The highest BCUT2D eigenvalue weighted by Crippen LogP contribution is 2.47. The summed E-state index contributed by atoms with van der Waals surface area (Å²) in [5.74, 6) is -0.645. The van der Waals surface area contributed by atoms with Gasteiger partial charge in [0.2, 0.25) is 0 Å². The van der Waals surface area contributed by atoms with E-state index in [2.05, 4.69) is 0 Å². The fraction of sp³-hybridized carbons (Fsp3) is 0.391. The topological polar surface area (TPSA) is 72.9 Å². The zero-order chi connectivity index (χ0) is 22.1. The van der Waals surface area contributed by atoms with Crippen LogP contribution >= 0.6 is 7.60 Å². The Morgan fingerprint density at radius 1 is 0.933 bits per heavy atom. The zero-order valence-electron chi connectivity index (χ0n) is 18.1. The molecule has 3 rings (SSSR count). The fourth-order valence-corrected chi connectivity index (χ4v) is 5.36. The smallest absolute Gasteiger partial charge is 0.305 e. The van der Waals surface area contributed by atoms with Crippen LogP contribution in [0.15, 0.2) is 36.4 Å². The van der Waals surface area contributed by atoms with Gasteiger partial charge in [0.1, 0.15) is 0 Å². The molecule has 0 aromatic heterocycles. The van der Waals surface area contributed by atoms with Crippen molar-refractivity contribution in [1.82, 2.24) is 0 Å². The standard InChI is InChI=1S/C23H28NO5P/c1-6-16-10-9-11-18(15(4)5)21(16)24-22(25)19-13-12-17(14-20(19)23(24)26)30(27,28-7-2)29-8-3/h9-15H,6-8H2,1-5H3. The molecule has 0 radical (unpaired) electrons. The molecule has 2 amide bonds. The van der Waals surface area contributed by atoms with Crippen LogP contribution in [0.3, 0.4) is 0 Å². The lowest BCUT2D eigenvalue weighted by atomic mass is 9.95. The second-order valence-electron chi connectivity index (χ2n) is 7.37. The van der Waals surface area contributed by atoms with Crippen molar-refractivity contribution >= 4 is 30.4 Å². The molecule has 0 unspecified atom stereocenters. The Hall–Kier alpha value is -2.27. The molecule has 1 heterocycles. The Morgan fingerprint density at radius 2 is 1.57 bits per heavy atom. The van der Waals surface area contributed by atoms with Crippen molar-refractivity contribution in [2.45, 2.75) is 47.0 Å². The molecule has 0 bridgehead atoms. The summed E-state index contributed by atoms with van der Waals surface area (Å²) in [4.78, 5) is 27.9. The minimum absolute atomic E-state index is 0.141. The largest absolute Gasteiger partial charge is 0.361 e. The third-order valence-corrected chi connectivity index (χ3v) is 7.27. The molecule has 0 aliphatic carbocycles. The van der Waals surface area contributed by atoms with Gasteiger partial charge in [0.05, 0.1) is 35.3 Å². The van der Waals surface area contributed by atoms with Crippen LogP contribution in [-0.4, -0.2) is 25.0 Å². The van der Waals surface area contributed by atoms with Gasteiger partial charge in [-0.1, -0.05) is 39.0 Å². The molecule has 2 aromatic carbocycles. The Kier molecular flexibility index (Phi) is 6.61. The van der Waals surface area contributed by atoms with Gasteiger partial charge < -0.3 is 9.05 Å². The molecule has 0 fully saturated rings. The highest BCUT2D eigenvalue weighted by molar-refractivity contribution is 7.62. The van der Waals surface area contributed by atoms with Gasteiger partial charge in [-0.15, -0.1) is 0 Å². The minimum Gasteiger partial charge on any atom is -0.305 e. The molecule has 7 heteroatoms. The lowest BCUT2D eigenvalue weighted by Gasteiger charge is -2.23. The number of para-hydroxylation sites is 1. The predicted octanol–water partition coefficient (Wildman–Crippen LogP) is 5.06. The van der Waals surface area contributed by atoms with E-state index >= 15 is 0 Å². The van der Waals surface area contributed by atoms with Crippen molar-refractivity contribution < 1.29 is 23.2 Å². The van der Waals surface area contributed by atoms with Crippen molar-refractivity contribution in [3.63, 3.8) is 0 Å². The molecule has 2 aromatic rings. The molecule has 0 saturated carbocycles. The number of imide groups is 1. The van der Waals surface area contributed by atoms with Crippen LogP contribution in [0.25, 0.3) is 0 Å². The number of hydrogen-bond acceptors (Lipinski definition) is 5. The second kappa shape index (κ2) is 8.84. The van der Waals surface area contributed by atoms with Crippen LogP contribution in [0, 0.1) is 0 Å². The summed E-state index contributed by atoms with van der Waals surface area (Å²) in [6.45, 7) is 9.93. The molecule has 160 valence electrons. The number of hydrogen-bond donors (Lipinski definition) is 0. The minimum atomic E-state index is -3.56. The Morgan fingerprint density at radius 3 is 2.13 bits per heavy atom. The summed E-state index contributed by atoms with van der Waals surface area (Å²) < 4.78 is 23.9. The Balaban J connectivity index is 2.13. The highest BCUT2D eigenvalue weighted by Gasteiger charge is 2.40. The van der Waals surface area contributed by atoms with Gasteiger partial charge in [0.15, 0.2) is 0 Å². The van der Waals surface area contributed by atoms with Gasteiger partial charge in [-0.25, -0.2) is 4.90 Å². The first-order valence-electron chi connectivity index (χ1n) is 10.3. The number of rotatable bonds is 8. The lowest BCUT2D eigenvalue weighted by Crippen LogP contribution is -2.31. The maximum atomic E-state index is 13.4. The monoisotopic (exact) mass is 429 g/mol. The van der Waals surface area contributed by atoms with E-state index < -0.39 is 13.5 Å². The lowest BCUT2D eigenvalue weighted by molar-refractivity contribution is 0.0925. The van der Waals surface area contributed by atoms with Crippen LogP contribution in [0.2, 0.25) is 0 Å². The highest BCUT2D eigenvalue weighted by atomic mass is 31.2. The number of benzene rings is 2. The van der Waals surface area contributed by atoms with Gasteiger partial charge in [-0.05, 0) is 55.5 Å². The number of aryl methyl sites for hydroxylation is 1. The van der Waals surface area contributed by atoms with E-state index in [1.165, 1.54) is 11.0 Å². The molecule has 0 spiro atoms. The normalized spacial score (nSPS) is 14.0. The van der Waals surface area contributed by atoms with Crippen molar-refractivity contribution in [1.29, 1.82) is 0 Å². The Labute approximate surface area is 177 Å². The molecule has 6 nitrogen and oxygen atoms in total. The van der Waals surface area contributed by atoms with Crippen molar-refractivity contribution in [3.8, 4) is 0 Å². The zero-order valence-corrected chi connectivity index (χ0v) is 19.0. The van der Waals surface area contributed by atoms with E-state index in [0.29, 0.717) is 17.7 Å². The summed E-state index contributed by atoms with van der Waals surface area (Å²) in [7, 11) is -3.56. The van der Waals surface area contributed by atoms with E-state index in [1.54, 1.807) is 26.0 Å². The number of anilines is 1. The average molecular weight is 429 g/mol. The van der Waals surface area contributed by atoms with Crippen LogP contribution in [-0.2, 0) is 20.0 Å². The van der Waals surface area contributed by atoms with Crippen molar-refractivity contribution in [3.05, 3.63) is 58.7 Å². The first kappa shape index (κ1) is 22.4. The Bertz CT molecular complexity index is 1020. The second-order valence-corrected chi connectivity index (χ2v) is 9.40. The van der Waals surface area contributed by atoms with E-state index in [1.807, 2.05) is 39.0 Å². The van der Waals surface area contributed by atoms with E-state index in [-0.39, 0.29) is 35.9 Å². The number of nitrogens with zero attached hydrogens (tertiary/aromatic N) is 1. The number of carbonyl (C=O) groups excluding carboxylic acids is 2. The van der Waals surface area contributed by atoms with E-state index in [0.717, 1.165) is 11.1 Å². The predicted molar refractivity (Wildman–Crippen MR) is 118 cm³/mol. The van der Waals surface area contributed by atoms with E-state index in [4.69, 9.17) is 9.05 Å². The van der Waals surface area contributed by atoms with Gasteiger partial charge >= 0.3 is 7.60 Å². The van der Waals surface area contributed by atoms with Crippen LogP contribution in [0.4, 0.5) is 5.69 Å². The fourth-order valence-electron chi connectivity index (χ4n) is 3.76. The third-order valence-electron chi connectivity index (χ3n) is 5.16. The number of carbonyl (C=O) groups is 2. The van der Waals surface area contributed by atoms with Gasteiger partial charge in [0, 0.05) is 0 Å². The van der Waals surface area contributed by atoms with E-state index in [9.17, 15) is 14.2 Å². The third kappa shape index (κ3) is 3.76. The molecule has 1 aliphatic heterocycles. The average Bonchev–Trinajstić information content (AvgIpc) is 2.97. The van der Waals surface area contributed by atoms with Crippen molar-refractivity contribution in [2.75, 3.05) is 18.1 Å². The summed E-state index contributed by atoms with van der Waals surface area (Å²) in [6, 6.07) is 10.4. The summed E-state index contributed by atoms with van der Waals surface area (Å²) in [5, 5.41) is 0.279. The number of amides is 2. The summed E-state index contributed by atoms with van der Waals surface area (Å²) in [6.07, 6.45) is 0.693. The molecular weight excluding hydrogens is 401 g/mol. The maximum absolute atomic E-state index is 13.4. The van der Waals surface area contributed by atoms with Gasteiger partial charge in [-0.3, -0.25) is 14.2 Å². The van der Waals surface area contributed by atoms with Crippen LogP contribution < -0.4 is 10.2 Å². The molecular formula is C23H28NO5P. The molecule has 1 aliphatic rings. The van der Waals surface area contributed by atoms with Gasteiger partial charge in [-0.2, -0.15) is 0 Å². The maximum Gasteiger partial charge on any atom is 0.361 e. The molecule has 0 N–H and O–H groups in total. The van der Waals surface area contributed by atoms with Crippen molar-refractivity contribution in [2.24, 2.45) is 0 Å². The molecule has 0 atom stereocenters. The van der Waals surface area contributed by atoms with Gasteiger partial charge in [0.25, 0.3) is 11.8 Å². The quantitative estimate of drug-likeness (QED) is 0.433. The van der Waals surface area contributed by atoms with Crippen LogP contribution in [0.5, 0.6) is 0 Å². The first-order chi connectivity index (χ1) is 14.3. The van der Waals surface area contributed by atoms with Crippen LogP contribution in [0.1, 0.15) is 72.4 Å². The molecule has 30 heavy (non-hydrogen) atoms. The SMILES string of the molecule is CCOP(=O)(OCC)c1ccc2c(c1)C(=O)N(c1c(CC)cccc1C(C)C)C2=O. The summed E-state index contributed by atoms with van der Waals surface area (Å²) >= 11 is 0. The first-order valence-corrected chi connectivity index (χ1v) is 11.9.